The smallest absolute Gasteiger partial charge is 0.253 e. The fraction of sp³-hybridized carbons (Fsp3) is 0.318. The molecule has 142 valence electrons. The first kappa shape index (κ1) is 20.4. The van der Waals surface area contributed by atoms with Crippen LogP contribution in [0, 0.1) is 6.92 Å². The minimum absolute atomic E-state index is 0.0596. The molecular formula is C22H26N2O3. The highest BCUT2D eigenvalue weighted by atomic mass is 16.2. The number of benzene rings is 2. The molecule has 2 rings (SSSR count). The van der Waals surface area contributed by atoms with Crippen molar-refractivity contribution in [1.82, 2.24) is 4.90 Å². The Balaban J connectivity index is 1.93. The number of hydrogen-bond acceptors (Lipinski definition) is 3. The van der Waals surface area contributed by atoms with E-state index in [1.807, 2.05) is 32.9 Å². The van der Waals surface area contributed by atoms with Crippen molar-refractivity contribution in [1.29, 1.82) is 0 Å². The van der Waals surface area contributed by atoms with E-state index >= 15 is 0 Å². The average molecular weight is 366 g/mol. The van der Waals surface area contributed by atoms with Crippen LogP contribution in [0.15, 0.2) is 48.5 Å². The SMILES string of the molecule is CCN(CC)C(=O)c1cccc(NC(=O)CCC(=O)c2ccc(C)cc2)c1. The summed E-state index contributed by atoms with van der Waals surface area (Å²) in [5.74, 6) is -0.371. The first-order chi connectivity index (χ1) is 12.9. The zero-order chi connectivity index (χ0) is 19.8. The molecule has 0 spiro atoms. The molecule has 0 aliphatic heterocycles. The van der Waals surface area contributed by atoms with Crippen LogP contribution in [-0.4, -0.2) is 35.6 Å². The number of Topliss-reactive ketones (excluding diaryl/α,β-unsaturated/α-hetero) is 1. The molecule has 2 amide bonds. The van der Waals surface area contributed by atoms with E-state index in [0.717, 1.165) is 5.56 Å². The largest absolute Gasteiger partial charge is 0.339 e. The Labute approximate surface area is 160 Å². The standard InChI is InChI=1S/C22H26N2O3/c1-4-24(5-2)22(27)18-7-6-8-19(15-18)23-21(26)14-13-20(25)17-11-9-16(3)10-12-17/h6-12,15H,4-5,13-14H2,1-3H3,(H,23,26). The molecule has 2 aromatic rings. The number of hydrogen-bond donors (Lipinski definition) is 1. The van der Waals surface area contributed by atoms with E-state index in [1.165, 1.54) is 0 Å². The maximum atomic E-state index is 12.4. The van der Waals surface area contributed by atoms with E-state index in [-0.39, 0.29) is 30.4 Å². The van der Waals surface area contributed by atoms with Gasteiger partial charge in [0.25, 0.3) is 5.91 Å². The van der Waals surface area contributed by atoms with Crippen molar-refractivity contribution in [3.63, 3.8) is 0 Å². The molecule has 27 heavy (non-hydrogen) atoms. The molecule has 0 aliphatic rings. The molecule has 0 atom stereocenters. The molecule has 0 radical (unpaired) electrons. The second-order valence-corrected chi connectivity index (χ2v) is 6.40. The fourth-order valence-corrected chi connectivity index (χ4v) is 2.76. The first-order valence-electron chi connectivity index (χ1n) is 9.23. The second-order valence-electron chi connectivity index (χ2n) is 6.40. The third-order valence-electron chi connectivity index (χ3n) is 4.40. The third kappa shape index (κ3) is 5.78. The predicted molar refractivity (Wildman–Crippen MR) is 107 cm³/mol. The monoisotopic (exact) mass is 366 g/mol. The molecule has 0 aliphatic carbocycles. The first-order valence-corrected chi connectivity index (χ1v) is 9.23. The van der Waals surface area contributed by atoms with Crippen molar-refractivity contribution in [2.45, 2.75) is 33.6 Å². The number of aryl methyl sites for hydroxylation is 1. The van der Waals surface area contributed by atoms with Crippen molar-refractivity contribution >= 4 is 23.3 Å². The topological polar surface area (TPSA) is 66.5 Å². The van der Waals surface area contributed by atoms with Gasteiger partial charge < -0.3 is 10.2 Å². The number of nitrogens with one attached hydrogen (secondary N) is 1. The van der Waals surface area contributed by atoms with Crippen LogP contribution in [0.25, 0.3) is 0 Å². The molecule has 0 heterocycles. The van der Waals surface area contributed by atoms with E-state index in [0.29, 0.717) is 29.9 Å². The van der Waals surface area contributed by atoms with Gasteiger partial charge in [0.15, 0.2) is 5.78 Å². The van der Waals surface area contributed by atoms with Gasteiger partial charge in [0.2, 0.25) is 5.91 Å². The lowest BCUT2D eigenvalue weighted by Gasteiger charge is -2.19. The van der Waals surface area contributed by atoms with Crippen LogP contribution >= 0.6 is 0 Å². The summed E-state index contributed by atoms with van der Waals surface area (Å²) in [5, 5.41) is 2.77. The van der Waals surface area contributed by atoms with E-state index in [1.54, 1.807) is 41.3 Å². The van der Waals surface area contributed by atoms with Gasteiger partial charge in [-0.25, -0.2) is 0 Å². The lowest BCUT2D eigenvalue weighted by molar-refractivity contribution is -0.116. The summed E-state index contributed by atoms with van der Waals surface area (Å²) >= 11 is 0. The van der Waals surface area contributed by atoms with Crippen LogP contribution in [0.1, 0.15) is 53.0 Å². The molecule has 0 saturated carbocycles. The third-order valence-corrected chi connectivity index (χ3v) is 4.40. The molecule has 0 unspecified atom stereocenters. The average Bonchev–Trinajstić information content (AvgIpc) is 2.67. The molecule has 0 bridgehead atoms. The Morgan fingerprint density at radius 2 is 1.56 bits per heavy atom. The van der Waals surface area contributed by atoms with E-state index in [2.05, 4.69) is 5.32 Å². The van der Waals surface area contributed by atoms with Crippen LogP contribution in [0.4, 0.5) is 5.69 Å². The Hall–Kier alpha value is -2.95. The van der Waals surface area contributed by atoms with Crippen molar-refractivity contribution in [2.24, 2.45) is 0 Å². The van der Waals surface area contributed by atoms with Gasteiger partial charge in [0, 0.05) is 42.7 Å². The summed E-state index contributed by atoms with van der Waals surface area (Å²) in [6.07, 6.45) is 0.244. The summed E-state index contributed by atoms with van der Waals surface area (Å²) in [6, 6.07) is 14.2. The van der Waals surface area contributed by atoms with Crippen molar-refractivity contribution in [2.75, 3.05) is 18.4 Å². The Morgan fingerprint density at radius 1 is 0.889 bits per heavy atom. The molecule has 1 N–H and O–H groups in total. The van der Waals surface area contributed by atoms with Crippen molar-refractivity contribution in [3.05, 3.63) is 65.2 Å². The van der Waals surface area contributed by atoms with E-state index in [9.17, 15) is 14.4 Å². The fourth-order valence-electron chi connectivity index (χ4n) is 2.76. The highest BCUT2D eigenvalue weighted by molar-refractivity contribution is 6.00. The van der Waals surface area contributed by atoms with Crippen LogP contribution in [0.2, 0.25) is 0 Å². The normalized spacial score (nSPS) is 10.3. The highest BCUT2D eigenvalue weighted by Gasteiger charge is 2.14. The van der Waals surface area contributed by atoms with Crippen LogP contribution < -0.4 is 5.32 Å². The summed E-state index contributed by atoms with van der Waals surface area (Å²) in [7, 11) is 0. The van der Waals surface area contributed by atoms with E-state index in [4.69, 9.17) is 0 Å². The Bertz CT molecular complexity index is 809. The van der Waals surface area contributed by atoms with Crippen LogP contribution in [0.5, 0.6) is 0 Å². The summed E-state index contributed by atoms with van der Waals surface area (Å²) < 4.78 is 0. The lowest BCUT2D eigenvalue weighted by Crippen LogP contribution is -2.30. The molecule has 0 aromatic heterocycles. The minimum atomic E-state index is -0.247. The number of carbonyl (C=O) groups is 3. The van der Waals surface area contributed by atoms with Crippen molar-refractivity contribution < 1.29 is 14.4 Å². The molecule has 5 nitrogen and oxygen atoms in total. The summed E-state index contributed by atoms with van der Waals surface area (Å²) in [5.41, 5.74) is 2.79. The second kappa shape index (κ2) is 9.67. The maximum Gasteiger partial charge on any atom is 0.253 e. The van der Waals surface area contributed by atoms with Crippen LogP contribution in [0.3, 0.4) is 0 Å². The number of anilines is 1. The molecular weight excluding hydrogens is 340 g/mol. The zero-order valence-electron chi connectivity index (χ0n) is 16.1. The van der Waals surface area contributed by atoms with Crippen molar-refractivity contribution in [3.8, 4) is 0 Å². The Morgan fingerprint density at radius 3 is 2.19 bits per heavy atom. The van der Waals surface area contributed by atoms with Gasteiger partial charge in [-0.15, -0.1) is 0 Å². The number of amides is 2. The van der Waals surface area contributed by atoms with Gasteiger partial charge >= 0.3 is 0 Å². The van der Waals surface area contributed by atoms with Crippen LogP contribution in [-0.2, 0) is 4.79 Å². The number of ketones is 1. The molecule has 2 aromatic carbocycles. The number of carbonyl (C=O) groups excluding carboxylic acids is 3. The van der Waals surface area contributed by atoms with Gasteiger partial charge in [-0.1, -0.05) is 35.9 Å². The molecule has 0 fully saturated rings. The zero-order valence-corrected chi connectivity index (χ0v) is 16.1. The van der Waals surface area contributed by atoms with Gasteiger partial charge in [0.05, 0.1) is 0 Å². The van der Waals surface area contributed by atoms with Gasteiger partial charge in [0.1, 0.15) is 0 Å². The Kier molecular flexibility index (Phi) is 7.29. The number of nitrogens with zero attached hydrogens (tertiary/aromatic N) is 1. The molecule has 5 heteroatoms. The predicted octanol–water partition coefficient (Wildman–Crippen LogP) is 4.08. The maximum absolute atomic E-state index is 12.4. The summed E-state index contributed by atoms with van der Waals surface area (Å²) in [4.78, 5) is 38.5. The minimum Gasteiger partial charge on any atom is -0.339 e. The molecule has 0 saturated heterocycles. The lowest BCUT2D eigenvalue weighted by atomic mass is 10.0. The van der Waals surface area contributed by atoms with Gasteiger partial charge in [-0.2, -0.15) is 0 Å². The van der Waals surface area contributed by atoms with E-state index < -0.39 is 0 Å². The highest BCUT2D eigenvalue weighted by Crippen LogP contribution is 2.14. The van der Waals surface area contributed by atoms with Gasteiger partial charge in [-0.3, -0.25) is 14.4 Å². The quantitative estimate of drug-likeness (QED) is 0.716. The number of rotatable bonds is 8. The van der Waals surface area contributed by atoms with Gasteiger partial charge in [-0.05, 0) is 39.0 Å². The summed E-state index contributed by atoms with van der Waals surface area (Å²) in [6.45, 7) is 7.08.